The Kier molecular flexibility index (Phi) is 6.29. The van der Waals surface area contributed by atoms with Crippen molar-refractivity contribution in [3.63, 3.8) is 0 Å². The van der Waals surface area contributed by atoms with Crippen LogP contribution in [0.2, 0.25) is 0 Å². The Morgan fingerprint density at radius 2 is 1.84 bits per heavy atom. The lowest BCUT2D eigenvalue weighted by molar-refractivity contribution is 0.0839. The molecule has 6 nitrogen and oxygen atoms in total. The Balaban J connectivity index is 2.06. The maximum Gasteiger partial charge on any atom is 0.174 e. The molecule has 0 aromatic heterocycles. The van der Waals surface area contributed by atoms with E-state index in [1.807, 2.05) is 20.8 Å². The van der Waals surface area contributed by atoms with Gasteiger partial charge in [-0.3, -0.25) is 4.79 Å². The van der Waals surface area contributed by atoms with Crippen molar-refractivity contribution in [1.29, 1.82) is 0 Å². The fourth-order valence-electron chi connectivity index (χ4n) is 3.78. The summed E-state index contributed by atoms with van der Waals surface area (Å²) >= 11 is 0. The molecule has 164 valence electrons. The molecule has 6 heteroatoms. The smallest absolute Gasteiger partial charge is 0.174 e. The topological polar surface area (TPSA) is 107 Å². The zero-order chi connectivity index (χ0) is 22.9. The number of Topliss-reactive ketones (excluding diaryl/α,β-unsaturated/α-hetero) is 1. The molecule has 2 aromatic carbocycles. The fourth-order valence-corrected chi connectivity index (χ4v) is 3.78. The van der Waals surface area contributed by atoms with Crippen LogP contribution in [-0.4, -0.2) is 26.2 Å². The zero-order valence-corrected chi connectivity index (χ0v) is 18.0. The molecule has 2 atom stereocenters. The number of ether oxygens (including phenoxy) is 1. The quantitative estimate of drug-likeness (QED) is 0.468. The van der Waals surface area contributed by atoms with Crippen molar-refractivity contribution in [1.82, 2.24) is 0 Å². The molecule has 0 unspecified atom stereocenters. The number of hydrogen-bond acceptors (Lipinski definition) is 6. The fraction of sp³-hybridized carbons (Fsp3) is 0.320. The highest BCUT2D eigenvalue weighted by Gasteiger charge is 2.35. The van der Waals surface area contributed by atoms with E-state index in [1.165, 1.54) is 24.3 Å². The summed E-state index contributed by atoms with van der Waals surface area (Å²) in [5.74, 6) is -1.05. The van der Waals surface area contributed by atoms with Crippen molar-refractivity contribution in [2.75, 3.05) is 0 Å². The van der Waals surface area contributed by atoms with E-state index in [0.717, 1.165) is 11.1 Å². The van der Waals surface area contributed by atoms with E-state index < -0.39 is 6.10 Å². The van der Waals surface area contributed by atoms with Crippen molar-refractivity contribution in [2.24, 2.45) is 5.92 Å². The number of fused-ring (bicyclic) bond motifs is 1. The van der Waals surface area contributed by atoms with Gasteiger partial charge in [0.15, 0.2) is 5.78 Å². The molecule has 0 spiro atoms. The van der Waals surface area contributed by atoms with Crippen LogP contribution in [0.4, 0.5) is 0 Å². The summed E-state index contributed by atoms with van der Waals surface area (Å²) in [7, 11) is 0. The second-order valence-corrected chi connectivity index (χ2v) is 8.34. The lowest BCUT2D eigenvalue weighted by Gasteiger charge is -2.29. The number of hydrogen-bond donors (Lipinski definition) is 4. The van der Waals surface area contributed by atoms with Crippen LogP contribution in [0.3, 0.4) is 0 Å². The lowest BCUT2D eigenvalue weighted by atomic mass is 9.86. The van der Waals surface area contributed by atoms with Gasteiger partial charge in [0.25, 0.3) is 0 Å². The predicted octanol–water partition coefficient (Wildman–Crippen LogP) is 5.31. The second kappa shape index (κ2) is 8.76. The maximum atomic E-state index is 12.9. The van der Waals surface area contributed by atoms with Gasteiger partial charge in [-0.25, -0.2) is 0 Å². The zero-order valence-electron chi connectivity index (χ0n) is 18.0. The summed E-state index contributed by atoms with van der Waals surface area (Å²) < 4.78 is 6.08. The lowest BCUT2D eigenvalue weighted by Crippen LogP contribution is -2.22. The molecule has 31 heavy (non-hydrogen) atoms. The van der Waals surface area contributed by atoms with Gasteiger partial charge in [-0.05, 0) is 51.7 Å². The van der Waals surface area contributed by atoms with Gasteiger partial charge in [0.05, 0.1) is 6.42 Å². The summed E-state index contributed by atoms with van der Waals surface area (Å²) in [6.45, 7) is 9.99. The third-order valence-corrected chi connectivity index (χ3v) is 5.57. The molecule has 0 bridgehead atoms. The minimum Gasteiger partial charge on any atom is -0.508 e. The largest absolute Gasteiger partial charge is 0.508 e. The molecular weight excluding hydrogens is 396 g/mol. The van der Waals surface area contributed by atoms with Crippen LogP contribution < -0.4 is 4.74 Å². The molecule has 1 aliphatic heterocycles. The predicted molar refractivity (Wildman–Crippen MR) is 118 cm³/mol. The molecule has 2 aromatic rings. The van der Waals surface area contributed by atoms with Crippen molar-refractivity contribution in [3.05, 3.63) is 64.8 Å². The van der Waals surface area contributed by atoms with Crippen LogP contribution in [0.1, 0.15) is 61.2 Å². The summed E-state index contributed by atoms with van der Waals surface area (Å²) in [6.07, 6.45) is 2.26. The third kappa shape index (κ3) is 4.68. The van der Waals surface area contributed by atoms with Crippen LogP contribution >= 0.6 is 0 Å². The first-order valence-corrected chi connectivity index (χ1v) is 10.2. The molecule has 3 rings (SSSR count). The Labute approximate surface area is 181 Å². The number of benzene rings is 2. The van der Waals surface area contributed by atoms with Crippen molar-refractivity contribution in [3.8, 4) is 28.7 Å². The minimum atomic E-state index is -0.818. The van der Waals surface area contributed by atoms with Crippen molar-refractivity contribution < 1.29 is 30.0 Å². The van der Waals surface area contributed by atoms with Gasteiger partial charge >= 0.3 is 0 Å². The second-order valence-electron chi connectivity index (χ2n) is 8.34. The van der Waals surface area contributed by atoms with E-state index in [1.54, 1.807) is 0 Å². The highest BCUT2D eigenvalue weighted by atomic mass is 16.5. The molecule has 1 aliphatic rings. The van der Waals surface area contributed by atoms with Gasteiger partial charge in [-0.1, -0.05) is 23.8 Å². The van der Waals surface area contributed by atoms with E-state index in [0.29, 0.717) is 24.0 Å². The molecule has 0 saturated heterocycles. The number of aromatic hydroxyl groups is 4. The van der Waals surface area contributed by atoms with Gasteiger partial charge < -0.3 is 25.2 Å². The van der Waals surface area contributed by atoms with Crippen LogP contribution in [0.15, 0.2) is 48.1 Å². The van der Waals surface area contributed by atoms with Crippen molar-refractivity contribution in [2.45, 2.75) is 46.1 Å². The normalized spacial score (nSPS) is 16.2. The Hall–Kier alpha value is -3.41. The third-order valence-electron chi connectivity index (χ3n) is 5.57. The SMILES string of the molecule is C=C(C)[C@@H](CC=C(C)C)Cc1c(O)cc(O)c2c1O[C@H](c1ccc(O)cc1O)CC2=O. The van der Waals surface area contributed by atoms with Gasteiger partial charge in [0.2, 0.25) is 0 Å². The Morgan fingerprint density at radius 3 is 2.45 bits per heavy atom. The van der Waals surface area contributed by atoms with Crippen LogP contribution in [0, 0.1) is 5.92 Å². The highest BCUT2D eigenvalue weighted by Crippen LogP contribution is 2.47. The number of allylic oxidation sites excluding steroid dienone is 3. The van der Waals surface area contributed by atoms with E-state index in [4.69, 9.17) is 4.74 Å². The summed E-state index contributed by atoms with van der Waals surface area (Å²) in [4.78, 5) is 12.9. The molecule has 0 fully saturated rings. The van der Waals surface area contributed by atoms with E-state index in [2.05, 4.69) is 12.7 Å². The molecule has 1 heterocycles. The molecule has 4 N–H and O–H groups in total. The summed E-state index contributed by atoms with van der Waals surface area (Å²) in [6, 6.07) is 5.23. The van der Waals surface area contributed by atoms with Crippen molar-refractivity contribution >= 4 is 5.78 Å². The molecule has 0 amide bonds. The highest BCUT2D eigenvalue weighted by molar-refractivity contribution is 6.03. The number of carbonyl (C=O) groups excluding carboxylic acids is 1. The van der Waals surface area contributed by atoms with Crippen LogP contribution in [0.25, 0.3) is 0 Å². The first-order valence-electron chi connectivity index (χ1n) is 10.2. The van der Waals surface area contributed by atoms with Gasteiger partial charge in [-0.2, -0.15) is 0 Å². The Morgan fingerprint density at radius 1 is 1.13 bits per heavy atom. The molecule has 0 saturated carbocycles. The number of phenolic OH excluding ortho intramolecular Hbond substituents is 4. The van der Waals surface area contributed by atoms with Gasteiger partial charge in [0.1, 0.15) is 40.4 Å². The van der Waals surface area contributed by atoms with E-state index in [-0.39, 0.29) is 52.4 Å². The maximum absolute atomic E-state index is 12.9. The number of rotatable bonds is 6. The first kappa shape index (κ1) is 22.3. The minimum absolute atomic E-state index is 0.00408. The molecule has 0 radical (unpaired) electrons. The average Bonchev–Trinajstić information content (AvgIpc) is 2.66. The van der Waals surface area contributed by atoms with E-state index >= 15 is 0 Å². The average molecular weight is 424 g/mol. The van der Waals surface area contributed by atoms with Crippen LogP contribution in [-0.2, 0) is 6.42 Å². The Bertz CT molecular complexity index is 1060. The van der Waals surface area contributed by atoms with Gasteiger partial charge in [-0.15, -0.1) is 0 Å². The molecular formula is C25H28O6. The van der Waals surface area contributed by atoms with Gasteiger partial charge in [0, 0.05) is 23.3 Å². The monoisotopic (exact) mass is 424 g/mol. The standard InChI is InChI=1S/C25H28O6/c1-13(2)5-6-15(14(3)4)9-18-20(28)11-21(29)24-22(30)12-23(31-25(18)24)17-8-7-16(26)10-19(17)27/h5,7-8,10-11,15,23,26-29H,3,6,9,12H2,1-2,4H3/t15-,23-/m0/s1. The summed E-state index contributed by atoms with van der Waals surface area (Å²) in [5, 5.41) is 40.7. The van der Waals surface area contributed by atoms with Crippen LogP contribution in [0.5, 0.6) is 28.7 Å². The number of phenols is 4. The summed E-state index contributed by atoms with van der Waals surface area (Å²) in [5.41, 5.74) is 2.88. The first-order chi connectivity index (χ1) is 14.6. The van der Waals surface area contributed by atoms with E-state index in [9.17, 15) is 25.2 Å². The molecule has 0 aliphatic carbocycles. The number of ketones is 1. The number of carbonyl (C=O) groups is 1.